The molecular weight excluding hydrogens is 234 g/mol. The van der Waals surface area contributed by atoms with E-state index in [1.54, 1.807) is 18.4 Å². The highest BCUT2D eigenvalue weighted by Gasteiger charge is 2.08. The van der Waals surface area contributed by atoms with Crippen molar-refractivity contribution in [3.05, 3.63) is 35.3 Å². The molecule has 2 heterocycles. The molecule has 3 rings (SSSR count). The number of thiophene rings is 1. The van der Waals surface area contributed by atoms with Crippen LogP contribution in [0.5, 0.6) is 5.75 Å². The zero-order chi connectivity index (χ0) is 11.8. The molecule has 3 aromatic rings. The third-order valence-corrected chi connectivity index (χ3v) is 3.82. The molecule has 0 unspecified atom stereocenters. The Bertz CT molecular complexity index is 690. The molecular formula is C13H11NO2S. The lowest BCUT2D eigenvalue weighted by Crippen LogP contribution is -1.93. The van der Waals surface area contributed by atoms with Crippen molar-refractivity contribution in [3.63, 3.8) is 0 Å². The fourth-order valence-corrected chi connectivity index (χ4v) is 2.89. The Hall–Kier alpha value is -1.65. The van der Waals surface area contributed by atoms with Crippen molar-refractivity contribution >= 4 is 32.3 Å². The molecule has 0 aliphatic rings. The van der Waals surface area contributed by atoms with Crippen LogP contribution in [-0.4, -0.2) is 17.2 Å². The zero-order valence-electron chi connectivity index (χ0n) is 9.30. The van der Waals surface area contributed by atoms with E-state index in [0.29, 0.717) is 5.75 Å². The van der Waals surface area contributed by atoms with E-state index in [1.165, 1.54) is 4.70 Å². The Labute approximate surface area is 102 Å². The van der Waals surface area contributed by atoms with Crippen LogP contribution in [0.15, 0.2) is 29.8 Å². The molecule has 0 amide bonds. The summed E-state index contributed by atoms with van der Waals surface area (Å²) in [5.41, 5.74) is 1.69. The highest BCUT2D eigenvalue weighted by atomic mass is 32.1. The molecule has 0 saturated heterocycles. The molecule has 4 heteroatoms. The molecule has 2 aromatic heterocycles. The van der Waals surface area contributed by atoms with Crippen LogP contribution in [0.25, 0.3) is 21.0 Å². The molecule has 0 aliphatic carbocycles. The fourth-order valence-electron chi connectivity index (χ4n) is 2.00. The standard InChI is InChI=1S/C13H11NO2S/c1-16-12-5-11-10(4-9(12)7-15)13-8(6-14-11)2-3-17-13/h2-6,15H,7H2,1H3. The minimum Gasteiger partial charge on any atom is -0.496 e. The first-order chi connectivity index (χ1) is 8.33. The lowest BCUT2D eigenvalue weighted by molar-refractivity contribution is 0.274. The van der Waals surface area contributed by atoms with Gasteiger partial charge < -0.3 is 9.84 Å². The van der Waals surface area contributed by atoms with Gasteiger partial charge in [-0.15, -0.1) is 11.3 Å². The van der Waals surface area contributed by atoms with Crippen LogP contribution in [0.3, 0.4) is 0 Å². The fraction of sp³-hybridized carbons (Fsp3) is 0.154. The van der Waals surface area contributed by atoms with Crippen LogP contribution >= 0.6 is 11.3 Å². The van der Waals surface area contributed by atoms with Crippen LogP contribution in [-0.2, 0) is 6.61 Å². The Morgan fingerprint density at radius 1 is 1.41 bits per heavy atom. The maximum absolute atomic E-state index is 9.33. The zero-order valence-corrected chi connectivity index (χ0v) is 10.1. The van der Waals surface area contributed by atoms with Gasteiger partial charge in [-0.2, -0.15) is 0 Å². The van der Waals surface area contributed by atoms with E-state index in [1.807, 2.05) is 18.3 Å². The first kappa shape index (κ1) is 10.5. The number of aromatic nitrogens is 1. The van der Waals surface area contributed by atoms with E-state index < -0.39 is 0 Å². The third kappa shape index (κ3) is 1.57. The number of rotatable bonds is 2. The minimum absolute atomic E-state index is 0.0269. The van der Waals surface area contributed by atoms with Crippen LogP contribution in [0.4, 0.5) is 0 Å². The Morgan fingerprint density at radius 3 is 3.06 bits per heavy atom. The first-order valence-corrected chi connectivity index (χ1v) is 6.15. The van der Waals surface area contributed by atoms with Gasteiger partial charge in [0.15, 0.2) is 0 Å². The summed E-state index contributed by atoms with van der Waals surface area (Å²) in [6.45, 7) is -0.0269. The van der Waals surface area contributed by atoms with Gasteiger partial charge in [-0.3, -0.25) is 4.98 Å². The second-order valence-electron chi connectivity index (χ2n) is 3.80. The second kappa shape index (κ2) is 3.98. The lowest BCUT2D eigenvalue weighted by Gasteiger charge is -2.08. The average Bonchev–Trinajstić information content (AvgIpc) is 2.85. The van der Waals surface area contributed by atoms with Crippen LogP contribution in [0.1, 0.15) is 5.56 Å². The quantitative estimate of drug-likeness (QED) is 0.754. The van der Waals surface area contributed by atoms with E-state index >= 15 is 0 Å². The van der Waals surface area contributed by atoms with Gasteiger partial charge in [-0.05, 0) is 17.5 Å². The van der Waals surface area contributed by atoms with Crippen molar-refractivity contribution in [2.75, 3.05) is 7.11 Å². The monoisotopic (exact) mass is 245 g/mol. The summed E-state index contributed by atoms with van der Waals surface area (Å²) in [7, 11) is 1.60. The van der Waals surface area contributed by atoms with E-state index in [2.05, 4.69) is 16.4 Å². The molecule has 3 nitrogen and oxygen atoms in total. The van der Waals surface area contributed by atoms with Crippen LogP contribution in [0, 0.1) is 0 Å². The normalized spacial score (nSPS) is 11.2. The van der Waals surface area contributed by atoms with Gasteiger partial charge in [0.25, 0.3) is 0 Å². The number of aliphatic hydroxyl groups is 1. The van der Waals surface area contributed by atoms with Gasteiger partial charge >= 0.3 is 0 Å². The van der Waals surface area contributed by atoms with Gasteiger partial charge in [0, 0.05) is 33.3 Å². The van der Waals surface area contributed by atoms with Gasteiger partial charge in [0.05, 0.1) is 19.2 Å². The van der Waals surface area contributed by atoms with Crippen molar-refractivity contribution in [1.82, 2.24) is 4.98 Å². The summed E-state index contributed by atoms with van der Waals surface area (Å²) in [5, 5.41) is 13.6. The number of hydrogen-bond donors (Lipinski definition) is 1. The number of aliphatic hydroxyl groups excluding tert-OH is 1. The molecule has 0 atom stereocenters. The van der Waals surface area contributed by atoms with E-state index in [0.717, 1.165) is 21.9 Å². The molecule has 0 spiro atoms. The minimum atomic E-state index is -0.0269. The number of fused-ring (bicyclic) bond motifs is 3. The average molecular weight is 245 g/mol. The number of benzene rings is 1. The van der Waals surface area contributed by atoms with E-state index in [9.17, 15) is 5.11 Å². The Kier molecular flexibility index (Phi) is 2.46. The predicted molar refractivity (Wildman–Crippen MR) is 69.6 cm³/mol. The SMILES string of the molecule is COc1cc2ncc3ccsc3c2cc1CO. The Balaban J connectivity index is 2.42. The van der Waals surface area contributed by atoms with Crippen molar-refractivity contribution in [2.45, 2.75) is 6.61 Å². The molecule has 0 fully saturated rings. The Morgan fingerprint density at radius 2 is 2.29 bits per heavy atom. The molecule has 17 heavy (non-hydrogen) atoms. The number of ether oxygens (including phenoxy) is 1. The van der Waals surface area contributed by atoms with E-state index in [-0.39, 0.29) is 6.61 Å². The number of nitrogens with zero attached hydrogens (tertiary/aromatic N) is 1. The number of methoxy groups -OCH3 is 1. The summed E-state index contributed by atoms with van der Waals surface area (Å²) in [4.78, 5) is 4.41. The second-order valence-corrected chi connectivity index (χ2v) is 4.72. The van der Waals surface area contributed by atoms with E-state index in [4.69, 9.17) is 4.74 Å². The number of hydrogen-bond acceptors (Lipinski definition) is 4. The molecule has 0 bridgehead atoms. The molecule has 0 saturated carbocycles. The largest absolute Gasteiger partial charge is 0.496 e. The molecule has 1 N–H and O–H groups in total. The summed E-state index contributed by atoms with van der Waals surface area (Å²) >= 11 is 1.69. The molecule has 86 valence electrons. The van der Waals surface area contributed by atoms with Crippen molar-refractivity contribution in [3.8, 4) is 5.75 Å². The summed E-state index contributed by atoms with van der Waals surface area (Å²) in [6, 6.07) is 5.88. The van der Waals surface area contributed by atoms with Gasteiger partial charge in [0.1, 0.15) is 5.75 Å². The van der Waals surface area contributed by atoms with Crippen molar-refractivity contribution in [1.29, 1.82) is 0 Å². The highest BCUT2D eigenvalue weighted by Crippen LogP contribution is 2.32. The van der Waals surface area contributed by atoms with Crippen LogP contribution < -0.4 is 4.74 Å². The molecule has 0 radical (unpaired) electrons. The lowest BCUT2D eigenvalue weighted by atomic mass is 10.1. The predicted octanol–water partition coefficient (Wildman–Crippen LogP) is 2.95. The van der Waals surface area contributed by atoms with Crippen molar-refractivity contribution in [2.24, 2.45) is 0 Å². The molecule has 1 aromatic carbocycles. The van der Waals surface area contributed by atoms with Crippen LogP contribution in [0.2, 0.25) is 0 Å². The third-order valence-electron chi connectivity index (χ3n) is 2.85. The van der Waals surface area contributed by atoms with Gasteiger partial charge in [-0.25, -0.2) is 0 Å². The topological polar surface area (TPSA) is 42.4 Å². The first-order valence-electron chi connectivity index (χ1n) is 5.27. The summed E-state index contributed by atoms with van der Waals surface area (Å²) in [6.07, 6.45) is 1.87. The highest BCUT2D eigenvalue weighted by molar-refractivity contribution is 7.18. The summed E-state index contributed by atoms with van der Waals surface area (Å²) in [5.74, 6) is 0.684. The summed E-state index contributed by atoms with van der Waals surface area (Å²) < 4.78 is 6.44. The smallest absolute Gasteiger partial charge is 0.126 e. The maximum atomic E-state index is 9.33. The van der Waals surface area contributed by atoms with Gasteiger partial charge in [0.2, 0.25) is 0 Å². The molecule has 0 aliphatic heterocycles. The maximum Gasteiger partial charge on any atom is 0.126 e. The number of pyridine rings is 1. The van der Waals surface area contributed by atoms with Crippen molar-refractivity contribution < 1.29 is 9.84 Å². The van der Waals surface area contributed by atoms with Gasteiger partial charge in [-0.1, -0.05) is 0 Å².